The molecular weight excluding hydrogens is 346 g/mol. The van der Waals surface area contributed by atoms with E-state index in [-0.39, 0.29) is 5.69 Å². The Bertz CT molecular complexity index is 909. The second-order valence-electron chi connectivity index (χ2n) is 5.78. The van der Waals surface area contributed by atoms with E-state index < -0.39 is 17.9 Å². The first-order chi connectivity index (χ1) is 13.2. The summed E-state index contributed by atoms with van der Waals surface area (Å²) in [6.07, 6.45) is 3.65. The molecule has 7 heteroatoms. The molecule has 3 aromatic rings. The number of anilines is 1. The topological polar surface area (TPSA) is 85.5 Å². The van der Waals surface area contributed by atoms with Gasteiger partial charge in [-0.1, -0.05) is 30.3 Å². The molecule has 7 nitrogen and oxygen atoms in total. The van der Waals surface area contributed by atoms with Crippen LogP contribution in [0.2, 0.25) is 0 Å². The Morgan fingerprint density at radius 3 is 2.59 bits per heavy atom. The molecule has 1 atom stereocenters. The van der Waals surface area contributed by atoms with Gasteiger partial charge in [0.05, 0.1) is 7.11 Å². The molecule has 0 N–H and O–H groups in total. The third-order valence-corrected chi connectivity index (χ3v) is 4.10. The van der Waals surface area contributed by atoms with Crippen molar-refractivity contribution < 1.29 is 18.8 Å². The van der Waals surface area contributed by atoms with Gasteiger partial charge in [0.15, 0.2) is 11.5 Å². The first-order valence-electron chi connectivity index (χ1n) is 8.49. The van der Waals surface area contributed by atoms with Gasteiger partial charge in [-0.2, -0.15) is 0 Å². The largest absolute Gasteiger partial charge is 0.467 e. The molecule has 3 rings (SSSR count). The van der Waals surface area contributed by atoms with Crippen LogP contribution in [0.3, 0.4) is 0 Å². The molecule has 0 saturated heterocycles. The number of para-hydroxylation sites is 1. The van der Waals surface area contributed by atoms with Crippen molar-refractivity contribution in [3.05, 3.63) is 66.6 Å². The van der Waals surface area contributed by atoms with E-state index in [2.05, 4.69) is 10.1 Å². The second-order valence-corrected chi connectivity index (χ2v) is 5.78. The summed E-state index contributed by atoms with van der Waals surface area (Å²) in [4.78, 5) is 30.9. The van der Waals surface area contributed by atoms with Gasteiger partial charge < -0.3 is 9.26 Å². The molecule has 0 saturated carbocycles. The number of aromatic nitrogens is 2. The average Bonchev–Trinajstić information content (AvgIpc) is 3.22. The van der Waals surface area contributed by atoms with Crippen LogP contribution >= 0.6 is 0 Å². The van der Waals surface area contributed by atoms with Crippen molar-refractivity contribution in [1.82, 2.24) is 10.1 Å². The van der Waals surface area contributed by atoms with Crippen LogP contribution in [0, 0.1) is 0 Å². The fraction of sp³-hybridized carbons (Fsp3) is 0.200. The summed E-state index contributed by atoms with van der Waals surface area (Å²) < 4.78 is 10.2. The lowest BCUT2D eigenvalue weighted by Gasteiger charge is -2.28. The molecule has 2 aromatic heterocycles. The number of carbonyl (C=O) groups is 2. The highest BCUT2D eigenvalue weighted by molar-refractivity contribution is 6.08. The highest BCUT2D eigenvalue weighted by Gasteiger charge is 2.33. The number of amides is 1. The van der Waals surface area contributed by atoms with Crippen molar-refractivity contribution >= 4 is 17.6 Å². The standard InChI is InChI=1S/C20H19N3O4/c1-3-17(20(25)26-2)23(15-9-5-4-6-10-15)19(24)16-12-18(27-22-16)14-8-7-11-21-13-14/h4-13,17H,3H2,1-2H3. The molecule has 0 spiro atoms. The minimum Gasteiger partial charge on any atom is -0.467 e. The molecule has 27 heavy (non-hydrogen) atoms. The van der Waals surface area contributed by atoms with Crippen molar-refractivity contribution in [3.8, 4) is 11.3 Å². The van der Waals surface area contributed by atoms with Crippen LogP contribution in [0.1, 0.15) is 23.8 Å². The highest BCUT2D eigenvalue weighted by atomic mass is 16.5. The number of ether oxygens (including phenoxy) is 1. The zero-order valence-corrected chi connectivity index (χ0v) is 15.0. The van der Waals surface area contributed by atoms with E-state index in [1.807, 2.05) is 13.0 Å². The fourth-order valence-corrected chi connectivity index (χ4v) is 2.76. The van der Waals surface area contributed by atoms with Crippen LogP contribution in [0.5, 0.6) is 0 Å². The smallest absolute Gasteiger partial charge is 0.328 e. The van der Waals surface area contributed by atoms with E-state index in [4.69, 9.17) is 9.26 Å². The highest BCUT2D eigenvalue weighted by Crippen LogP contribution is 2.24. The van der Waals surface area contributed by atoms with Gasteiger partial charge in [0.25, 0.3) is 5.91 Å². The van der Waals surface area contributed by atoms with E-state index in [1.54, 1.807) is 54.9 Å². The molecule has 0 fully saturated rings. The van der Waals surface area contributed by atoms with Crippen molar-refractivity contribution in [2.24, 2.45) is 0 Å². The Kier molecular flexibility index (Phi) is 5.61. The first kappa shape index (κ1) is 18.3. The number of rotatable bonds is 6. The number of hydrogen-bond acceptors (Lipinski definition) is 6. The van der Waals surface area contributed by atoms with Gasteiger partial charge in [-0.25, -0.2) is 4.79 Å². The van der Waals surface area contributed by atoms with Crippen molar-refractivity contribution in [2.75, 3.05) is 12.0 Å². The summed E-state index contributed by atoms with van der Waals surface area (Å²) in [5.41, 5.74) is 1.38. The van der Waals surface area contributed by atoms with Crippen LogP contribution < -0.4 is 4.90 Å². The molecule has 0 aliphatic heterocycles. The molecule has 138 valence electrons. The molecule has 1 aromatic carbocycles. The number of benzene rings is 1. The minimum absolute atomic E-state index is 0.0973. The molecule has 1 amide bonds. The maximum absolute atomic E-state index is 13.2. The zero-order chi connectivity index (χ0) is 19.2. The Morgan fingerprint density at radius 1 is 1.19 bits per heavy atom. The summed E-state index contributed by atoms with van der Waals surface area (Å²) in [5.74, 6) is -0.520. The maximum Gasteiger partial charge on any atom is 0.328 e. The van der Waals surface area contributed by atoms with E-state index in [9.17, 15) is 9.59 Å². The number of pyridine rings is 1. The van der Waals surface area contributed by atoms with Gasteiger partial charge in [-0.3, -0.25) is 14.7 Å². The average molecular weight is 365 g/mol. The van der Waals surface area contributed by atoms with Crippen molar-refractivity contribution in [1.29, 1.82) is 0 Å². The monoisotopic (exact) mass is 365 g/mol. The summed E-state index contributed by atoms with van der Waals surface area (Å²) in [5, 5.41) is 3.89. The van der Waals surface area contributed by atoms with E-state index in [1.165, 1.54) is 12.0 Å². The van der Waals surface area contributed by atoms with E-state index in [0.29, 0.717) is 23.4 Å². The minimum atomic E-state index is -0.775. The van der Waals surface area contributed by atoms with Crippen LogP contribution in [-0.2, 0) is 9.53 Å². The molecular formula is C20H19N3O4. The number of carbonyl (C=O) groups excluding carboxylic acids is 2. The normalized spacial score (nSPS) is 11.6. The Morgan fingerprint density at radius 2 is 1.96 bits per heavy atom. The number of hydrogen-bond donors (Lipinski definition) is 0. The van der Waals surface area contributed by atoms with Gasteiger partial charge >= 0.3 is 5.97 Å². The van der Waals surface area contributed by atoms with Crippen LogP contribution in [-0.4, -0.2) is 35.2 Å². The lowest BCUT2D eigenvalue weighted by atomic mass is 10.1. The fourth-order valence-electron chi connectivity index (χ4n) is 2.76. The predicted octanol–water partition coefficient (Wildman–Crippen LogP) is 3.34. The van der Waals surface area contributed by atoms with Gasteiger partial charge in [0.2, 0.25) is 0 Å². The SMILES string of the molecule is CCC(C(=O)OC)N(C(=O)c1cc(-c2cccnc2)on1)c1ccccc1. The van der Waals surface area contributed by atoms with Crippen LogP contribution in [0.25, 0.3) is 11.3 Å². The van der Waals surface area contributed by atoms with Crippen molar-refractivity contribution in [3.63, 3.8) is 0 Å². The van der Waals surface area contributed by atoms with Crippen LogP contribution in [0.15, 0.2) is 65.4 Å². The van der Waals surface area contributed by atoms with Crippen molar-refractivity contribution in [2.45, 2.75) is 19.4 Å². The van der Waals surface area contributed by atoms with Gasteiger partial charge in [-0.15, -0.1) is 0 Å². The molecule has 0 aliphatic rings. The second kappa shape index (κ2) is 8.27. The Balaban J connectivity index is 1.98. The lowest BCUT2D eigenvalue weighted by Crippen LogP contribution is -2.45. The quantitative estimate of drug-likeness (QED) is 0.623. The molecule has 1 unspecified atom stereocenters. The number of nitrogens with zero attached hydrogens (tertiary/aromatic N) is 3. The van der Waals surface area contributed by atoms with Gasteiger partial charge in [0.1, 0.15) is 6.04 Å². The Labute approximate surface area is 156 Å². The van der Waals surface area contributed by atoms with Crippen LogP contribution in [0.4, 0.5) is 5.69 Å². The summed E-state index contributed by atoms with van der Waals surface area (Å²) in [6, 6.07) is 13.3. The third-order valence-electron chi connectivity index (χ3n) is 4.10. The zero-order valence-electron chi connectivity index (χ0n) is 15.0. The first-order valence-corrected chi connectivity index (χ1v) is 8.49. The maximum atomic E-state index is 13.2. The van der Waals surface area contributed by atoms with Gasteiger partial charge in [-0.05, 0) is 30.7 Å². The Hall–Kier alpha value is -3.48. The number of esters is 1. The molecule has 2 heterocycles. The lowest BCUT2D eigenvalue weighted by molar-refractivity contribution is -0.142. The summed E-state index contributed by atoms with van der Waals surface area (Å²) in [6.45, 7) is 1.81. The molecule has 0 radical (unpaired) electrons. The predicted molar refractivity (Wildman–Crippen MR) is 99.1 cm³/mol. The molecule has 0 bridgehead atoms. The summed E-state index contributed by atoms with van der Waals surface area (Å²) in [7, 11) is 1.30. The molecule has 0 aliphatic carbocycles. The van der Waals surface area contributed by atoms with E-state index >= 15 is 0 Å². The number of methoxy groups -OCH3 is 1. The van der Waals surface area contributed by atoms with Gasteiger partial charge in [0, 0.05) is 29.7 Å². The third kappa shape index (κ3) is 3.87. The van der Waals surface area contributed by atoms with E-state index in [0.717, 1.165) is 0 Å². The summed E-state index contributed by atoms with van der Waals surface area (Å²) >= 11 is 0.